The molecule has 2 N–H and O–H groups in total. The molecule has 0 bridgehead atoms. The average molecular weight is 303 g/mol. The quantitative estimate of drug-likeness (QED) is 0.822. The van der Waals surface area contributed by atoms with Gasteiger partial charge in [-0.1, -0.05) is 0 Å². The number of aromatic nitrogens is 1. The number of carbonyl (C=O) groups is 2. The van der Waals surface area contributed by atoms with Crippen molar-refractivity contribution in [2.45, 2.75) is 25.2 Å². The lowest BCUT2D eigenvalue weighted by Gasteiger charge is -2.47. The van der Waals surface area contributed by atoms with Gasteiger partial charge in [0.1, 0.15) is 0 Å². The smallest absolute Gasteiger partial charge is 0.311 e. The Bertz CT molecular complexity index is 564. The molecule has 2 aliphatic rings. The summed E-state index contributed by atoms with van der Waals surface area (Å²) in [6, 6.07) is 3.70. The van der Waals surface area contributed by atoms with E-state index in [0.717, 1.165) is 18.5 Å². The Kier molecular flexibility index (Phi) is 4.08. The Morgan fingerprint density at radius 1 is 1.32 bits per heavy atom. The molecule has 118 valence electrons. The number of carbonyl (C=O) groups excluding carboxylic acids is 2. The summed E-state index contributed by atoms with van der Waals surface area (Å²) >= 11 is 0. The van der Waals surface area contributed by atoms with Gasteiger partial charge in [0.05, 0.1) is 12.1 Å². The van der Waals surface area contributed by atoms with Crippen LogP contribution in [0.15, 0.2) is 24.5 Å². The summed E-state index contributed by atoms with van der Waals surface area (Å²) in [5.41, 5.74) is 1.13. The molecule has 22 heavy (non-hydrogen) atoms. The molecule has 7 heteroatoms. The highest BCUT2D eigenvalue weighted by atomic mass is 16.2. The van der Waals surface area contributed by atoms with Crippen LogP contribution >= 0.6 is 0 Å². The van der Waals surface area contributed by atoms with Crippen LogP contribution in [0.4, 0.5) is 4.79 Å². The molecule has 0 aromatic carbocycles. The van der Waals surface area contributed by atoms with Crippen molar-refractivity contribution < 1.29 is 9.59 Å². The maximum absolute atomic E-state index is 12.5. The monoisotopic (exact) mass is 303 g/mol. The van der Waals surface area contributed by atoms with Gasteiger partial charge in [0.25, 0.3) is 0 Å². The van der Waals surface area contributed by atoms with Crippen molar-refractivity contribution in [1.29, 1.82) is 0 Å². The van der Waals surface area contributed by atoms with Crippen LogP contribution in [0.1, 0.15) is 12.0 Å². The summed E-state index contributed by atoms with van der Waals surface area (Å²) < 4.78 is 0. The van der Waals surface area contributed by atoms with E-state index in [9.17, 15) is 9.59 Å². The highest BCUT2D eigenvalue weighted by Crippen LogP contribution is 2.26. The fourth-order valence-electron chi connectivity index (χ4n) is 3.25. The van der Waals surface area contributed by atoms with Crippen LogP contribution in [0.25, 0.3) is 0 Å². The molecular formula is C15H21N5O2. The minimum absolute atomic E-state index is 0.0462. The van der Waals surface area contributed by atoms with Gasteiger partial charge in [-0.2, -0.15) is 0 Å². The molecule has 0 radical (unpaired) electrons. The number of imide groups is 1. The Hall–Kier alpha value is -1.99. The Morgan fingerprint density at radius 3 is 2.77 bits per heavy atom. The van der Waals surface area contributed by atoms with Crippen molar-refractivity contribution in [2.75, 3.05) is 20.6 Å². The number of amides is 3. The number of nitrogens with one attached hydrogen (secondary N) is 2. The fraction of sp³-hybridized carbons (Fsp3) is 0.533. The number of fused-ring (bicyclic) bond motifs is 1. The van der Waals surface area contributed by atoms with Crippen LogP contribution in [-0.4, -0.2) is 59.6 Å². The lowest BCUT2D eigenvalue weighted by molar-refractivity contribution is -0.140. The molecule has 0 spiro atoms. The van der Waals surface area contributed by atoms with Crippen LogP contribution in [0.5, 0.6) is 0 Å². The molecule has 3 unspecified atom stereocenters. The molecule has 3 amide bonds. The first-order chi connectivity index (χ1) is 10.6. The lowest BCUT2D eigenvalue weighted by Crippen LogP contribution is -2.70. The second-order valence-corrected chi connectivity index (χ2v) is 5.85. The third-order valence-corrected chi connectivity index (χ3v) is 4.52. The molecule has 3 rings (SSSR count). The van der Waals surface area contributed by atoms with Crippen LogP contribution < -0.4 is 10.6 Å². The summed E-state index contributed by atoms with van der Waals surface area (Å²) in [6.07, 6.45) is 4.14. The molecule has 1 aromatic heterocycles. The van der Waals surface area contributed by atoms with Crippen LogP contribution in [0.2, 0.25) is 0 Å². The van der Waals surface area contributed by atoms with Gasteiger partial charge in [-0.15, -0.1) is 0 Å². The van der Waals surface area contributed by atoms with E-state index in [1.54, 1.807) is 31.4 Å². The minimum atomic E-state index is -0.261. The van der Waals surface area contributed by atoms with Crippen molar-refractivity contribution in [3.8, 4) is 0 Å². The Labute approximate surface area is 129 Å². The molecule has 3 atom stereocenters. The highest BCUT2D eigenvalue weighted by molar-refractivity contribution is 5.98. The van der Waals surface area contributed by atoms with Crippen LogP contribution in [0, 0.1) is 5.92 Å². The molecule has 2 fully saturated rings. The molecule has 0 aliphatic carbocycles. The predicted octanol–water partition coefficient (Wildman–Crippen LogP) is -0.000800. The van der Waals surface area contributed by atoms with Gasteiger partial charge in [-0.05, 0) is 30.7 Å². The van der Waals surface area contributed by atoms with E-state index in [2.05, 4.69) is 15.6 Å². The molecule has 3 heterocycles. The van der Waals surface area contributed by atoms with E-state index < -0.39 is 0 Å². The van der Waals surface area contributed by atoms with Crippen molar-refractivity contribution in [2.24, 2.45) is 5.92 Å². The average Bonchev–Trinajstić information content (AvgIpc) is 2.56. The van der Waals surface area contributed by atoms with E-state index in [1.807, 2.05) is 12.1 Å². The molecular weight excluding hydrogens is 282 g/mol. The first-order valence-electron chi connectivity index (χ1n) is 7.49. The number of nitrogens with zero attached hydrogens (tertiary/aromatic N) is 3. The van der Waals surface area contributed by atoms with Gasteiger partial charge in [0.15, 0.2) is 0 Å². The second-order valence-electron chi connectivity index (χ2n) is 5.85. The molecule has 7 nitrogen and oxygen atoms in total. The van der Waals surface area contributed by atoms with E-state index in [-0.39, 0.29) is 30.1 Å². The second kappa shape index (κ2) is 6.02. The number of urea groups is 1. The topological polar surface area (TPSA) is 77.6 Å². The van der Waals surface area contributed by atoms with E-state index >= 15 is 0 Å². The van der Waals surface area contributed by atoms with E-state index in [4.69, 9.17) is 0 Å². The van der Waals surface area contributed by atoms with Gasteiger partial charge in [0, 0.05) is 39.1 Å². The normalized spacial score (nSPS) is 28.7. The van der Waals surface area contributed by atoms with Gasteiger partial charge < -0.3 is 10.2 Å². The van der Waals surface area contributed by atoms with Gasteiger partial charge in [-0.3, -0.25) is 20.0 Å². The summed E-state index contributed by atoms with van der Waals surface area (Å²) in [5.74, 6) is -0.379. The van der Waals surface area contributed by atoms with Crippen molar-refractivity contribution in [3.05, 3.63) is 30.1 Å². The van der Waals surface area contributed by atoms with Crippen LogP contribution in [0.3, 0.4) is 0 Å². The Balaban J connectivity index is 1.74. The molecule has 2 saturated heterocycles. The number of pyridine rings is 1. The summed E-state index contributed by atoms with van der Waals surface area (Å²) in [4.78, 5) is 31.4. The molecule has 0 saturated carbocycles. The Morgan fingerprint density at radius 2 is 2.05 bits per heavy atom. The third kappa shape index (κ3) is 2.57. The van der Waals surface area contributed by atoms with Crippen molar-refractivity contribution in [1.82, 2.24) is 25.4 Å². The van der Waals surface area contributed by atoms with Crippen LogP contribution in [-0.2, 0) is 11.3 Å². The van der Waals surface area contributed by atoms with Crippen molar-refractivity contribution >= 4 is 11.9 Å². The first-order valence-corrected chi connectivity index (χ1v) is 7.49. The summed E-state index contributed by atoms with van der Waals surface area (Å²) in [7, 11) is 3.28. The van der Waals surface area contributed by atoms with Crippen molar-refractivity contribution in [3.63, 3.8) is 0 Å². The van der Waals surface area contributed by atoms with E-state index in [1.165, 1.54) is 4.90 Å². The molecule has 1 aromatic rings. The van der Waals surface area contributed by atoms with Gasteiger partial charge >= 0.3 is 6.03 Å². The van der Waals surface area contributed by atoms with Gasteiger partial charge in [-0.25, -0.2) is 4.79 Å². The first kappa shape index (κ1) is 14.9. The summed E-state index contributed by atoms with van der Waals surface area (Å²) in [6.45, 7) is 1.47. The fourth-order valence-corrected chi connectivity index (χ4v) is 3.25. The lowest BCUT2D eigenvalue weighted by atomic mass is 9.86. The zero-order chi connectivity index (χ0) is 15.7. The summed E-state index contributed by atoms with van der Waals surface area (Å²) in [5, 5.41) is 6.76. The third-order valence-electron chi connectivity index (χ3n) is 4.52. The molecule has 2 aliphatic heterocycles. The highest BCUT2D eigenvalue weighted by Gasteiger charge is 2.48. The maximum atomic E-state index is 12.5. The SMILES string of the molecule is CN1C(=O)C2C(NCc3ccncc3)CCNC2N(C)C1=O. The van der Waals surface area contributed by atoms with Gasteiger partial charge in [0.2, 0.25) is 5.91 Å². The zero-order valence-electron chi connectivity index (χ0n) is 12.8. The zero-order valence-corrected chi connectivity index (χ0v) is 12.8. The number of piperidine rings is 1. The standard InChI is InChI=1S/C15H21N5O2/c1-19-13-12(14(21)20(2)15(19)22)11(5-8-17-13)18-9-10-3-6-16-7-4-10/h3-4,6-7,11-13,17-18H,5,8-9H2,1-2H3. The minimum Gasteiger partial charge on any atom is -0.311 e. The number of hydrogen-bond donors (Lipinski definition) is 2. The number of rotatable bonds is 3. The van der Waals surface area contributed by atoms with E-state index in [0.29, 0.717) is 6.54 Å². The predicted molar refractivity (Wildman–Crippen MR) is 80.7 cm³/mol. The maximum Gasteiger partial charge on any atom is 0.327 e. The number of hydrogen-bond acceptors (Lipinski definition) is 5. The largest absolute Gasteiger partial charge is 0.327 e.